The van der Waals surface area contributed by atoms with Crippen LogP contribution in [0.15, 0.2) is 17.8 Å². The Hall–Kier alpha value is -1.72. The lowest BCUT2D eigenvalue weighted by Crippen LogP contribution is -2.53. The number of carbonyl (C=O) groups is 1. The summed E-state index contributed by atoms with van der Waals surface area (Å²) >= 11 is 0. The van der Waals surface area contributed by atoms with Crippen molar-refractivity contribution in [2.45, 2.75) is 143 Å². The van der Waals surface area contributed by atoms with Crippen LogP contribution in [0.25, 0.3) is 5.57 Å². The number of hydrogen-bond donors (Lipinski definition) is 0. The molecule has 5 aliphatic rings. The fourth-order valence-corrected chi connectivity index (χ4v) is 8.20. The summed E-state index contributed by atoms with van der Waals surface area (Å²) in [5.41, 5.74) is 4.83. The maximum atomic E-state index is 13.4. The van der Waals surface area contributed by atoms with E-state index >= 15 is 0 Å². The maximum Gasteiger partial charge on any atom is 0.311 e. The smallest absolute Gasteiger partial charge is 0.311 e. The van der Waals surface area contributed by atoms with Crippen molar-refractivity contribution in [1.82, 2.24) is 9.80 Å². The molecule has 2 fully saturated rings. The number of unbranched alkanes of at least 4 members (excludes halogenated alkanes) is 2. The van der Waals surface area contributed by atoms with E-state index in [4.69, 9.17) is 9.47 Å². The maximum absolute atomic E-state index is 13.4. The highest BCUT2D eigenvalue weighted by molar-refractivity contribution is 5.86. The van der Waals surface area contributed by atoms with Crippen LogP contribution in [0.2, 0.25) is 0 Å². The molecule has 0 aliphatic carbocycles. The van der Waals surface area contributed by atoms with Crippen molar-refractivity contribution in [1.29, 1.82) is 0 Å². The molecule has 0 N–H and O–H groups in total. The van der Waals surface area contributed by atoms with Gasteiger partial charge in [0.15, 0.2) is 0 Å². The Morgan fingerprint density at radius 3 is 2.49 bits per heavy atom. The third-order valence-electron chi connectivity index (χ3n) is 11.0. The number of benzene rings is 1. The zero-order chi connectivity index (χ0) is 29.7. The molecule has 1 aromatic rings. The molecule has 5 nitrogen and oxygen atoms in total. The Labute approximate surface area is 268 Å². The second kappa shape index (κ2) is 15.5. The van der Waals surface area contributed by atoms with Crippen LogP contribution < -0.4 is 9.47 Å². The molecule has 242 valence electrons. The Morgan fingerprint density at radius 2 is 1.79 bits per heavy atom. The summed E-state index contributed by atoms with van der Waals surface area (Å²) in [6.07, 6.45) is 16.8. The van der Waals surface area contributed by atoms with Gasteiger partial charge < -0.3 is 19.3 Å². The summed E-state index contributed by atoms with van der Waals surface area (Å²) in [7, 11) is 0. The molecule has 2 saturated heterocycles. The van der Waals surface area contributed by atoms with Crippen LogP contribution in [0.5, 0.6) is 11.5 Å². The van der Waals surface area contributed by atoms with Crippen LogP contribution in [0.4, 0.5) is 0 Å². The number of esters is 1. The van der Waals surface area contributed by atoms with Crippen molar-refractivity contribution in [2.24, 2.45) is 11.8 Å². The lowest BCUT2D eigenvalue weighted by Gasteiger charge is -2.53. The minimum Gasteiger partial charge on any atom is -0.480 e. The van der Waals surface area contributed by atoms with Gasteiger partial charge in [0.05, 0.1) is 11.3 Å². The molecule has 0 spiro atoms. The predicted molar refractivity (Wildman–Crippen MR) is 180 cm³/mol. The SMILES string of the molecule is CCCCCC(C)CCc1cc(OC(=O)CCCN2CCCCC2C)c2c(c1)OC(CC)(CC)C1=C2C2CCN1CC2.Cl. The molecule has 0 aromatic heterocycles. The first-order valence-electron chi connectivity index (χ1n) is 17.7. The molecule has 0 amide bonds. The summed E-state index contributed by atoms with van der Waals surface area (Å²) in [5, 5.41) is 0. The van der Waals surface area contributed by atoms with E-state index in [1.807, 2.05) is 0 Å². The number of aryl methyl sites for hydroxylation is 1. The number of allylic oxidation sites excluding steroid dienone is 1. The monoisotopic (exact) mass is 614 g/mol. The predicted octanol–water partition coefficient (Wildman–Crippen LogP) is 9.21. The van der Waals surface area contributed by atoms with Gasteiger partial charge in [0.25, 0.3) is 0 Å². The van der Waals surface area contributed by atoms with Crippen molar-refractivity contribution >= 4 is 23.9 Å². The fraction of sp³-hybridized carbons (Fsp3) is 0.757. The number of hydrogen-bond acceptors (Lipinski definition) is 5. The number of ether oxygens (including phenoxy) is 2. The lowest BCUT2D eigenvalue weighted by molar-refractivity contribution is -0.134. The molecule has 5 aliphatic heterocycles. The largest absolute Gasteiger partial charge is 0.480 e. The number of rotatable bonds is 14. The summed E-state index contributed by atoms with van der Waals surface area (Å²) < 4.78 is 13.4. The summed E-state index contributed by atoms with van der Waals surface area (Å²) in [5.74, 6) is 2.82. The molecule has 1 aromatic carbocycles. The van der Waals surface area contributed by atoms with Gasteiger partial charge in [-0.1, -0.05) is 59.8 Å². The molecular weight excluding hydrogens is 556 g/mol. The van der Waals surface area contributed by atoms with Gasteiger partial charge in [-0.15, -0.1) is 12.4 Å². The van der Waals surface area contributed by atoms with Crippen molar-refractivity contribution in [3.05, 3.63) is 29.0 Å². The molecular formula is C37H59ClN2O3. The van der Waals surface area contributed by atoms with Crippen molar-refractivity contribution < 1.29 is 14.3 Å². The first-order valence-corrected chi connectivity index (χ1v) is 17.7. The highest BCUT2D eigenvalue weighted by atomic mass is 35.5. The summed E-state index contributed by atoms with van der Waals surface area (Å²) in [6.45, 7) is 15.9. The second-order valence-corrected chi connectivity index (χ2v) is 13.9. The number of carbonyl (C=O) groups excluding carboxylic acids is 1. The van der Waals surface area contributed by atoms with E-state index in [-0.39, 0.29) is 24.0 Å². The Balaban J connectivity index is 0.00000423. The van der Waals surface area contributed by atoms with E-state index in [0.29, 0.717) is 24.3 Å². The molecule has 0 saturated carbocycles. The zero-order valence-corrected chi connectivity index (χ0v) is 28.7. The molecule has 6 rings (SSSR count). The summed E-state index contributed by atoms with van der Waals surface area (Å²) in [4.78, 5) is 18.5. The van der Waals surface area contributed by atoms with E-state index in [1.165, 1.54) is 74.6 Å². The molecule has 2 unspecified atom stereocenters. The molecule has 0 radical (unpaired) electrons. The van der Waals surface area contributed by atoms with Gasteiger partial charge in [0, 0.05) is 25.6 Å². The van der Waals surface area contributed by atoms with Crippen LogP contribution >= 0.6 is 12.4 Å². The van der Waals surface area contributed by atoms with Gasteiger partial charge in [-0.05, 0) is 113 Å². The van der Waals surface area contributed by atoms with Gasteiger partial charge >= 0.3 is 5.97 Å². The van der Waals surface area contributed by atoms with Crippen molar-refractivity contribution in [3.8, 4) is 11.5 Å². The van der Waals surface area contributed by atoms with Crippen LogP contribution in [0.3, 0.4) is 0 Å². The Bertz CT molecular complexity index is 1110. The van der Waals surface area contributed by atoms with Crippen LogP contribution in [0.1, 0.15) is 136 Å². The molecule has 43 heavy (non-hydrogen) atoms. The Morgan fingerprint density at radius 1 is 1.02 bits per heavy atom. The van der Waals surface area contributed by atoms with Gasteiger partial charge in [-0.3, -0.25) is 4.79 Å². The normalized spacial score (nSPS) is 22.0. The number of likely N-dealkylation sites (tertiary alicyclic amines) is 1. The third-order valence-corrected chi connectivity index (χ3v) is 11.0. The average Bonchev–Trinajstić information content (AvgIpc) is 3.01. The van der Waals surface area contributed by atoms with E-state index in [0.717, 1.165) is 75.3 Å². The van der Waals surface area contributed by atoms with E-state index in [2.05, 4.69) is 56.6 Å². The molecule has 5 heterocycles. The third kappa shape index (κ3) is 7.57. The second-order valence-electron chi connectivity index (χ2n) is 13.9. The highest BCUT2D eigenvalue weighted by Crippen LogP contribution is 2.56. The van der Waals surface area contributed by atoms with Crippen molar-refractivity contribution in [3.63, 3.8) is 0 Å². The van der Waals surface area contributed by atoms with Crippen LogP contribution in [-0.4, -0.2) is 53.6 Å². The minimum atomic E-state index is -0.292. The standard InChI is InChI=1S/C37H58N2O3.ClH/c1-6-9-10-14-27(4)17-18-29-25-31(41-33(40)16-13-22-38-21-12-11-15-28(38)5)35-32(26-29)42-37(7-2,8-3)36-34(35)30-19-23-39(36)24-20-30;/h25-28,30H,6-24H2,1-5H3;1H. The highest BCUT2D eigenvalue weighted by Gasteiger charge is 2.49. The van der Waals surface area contributed by atoms with Crippen molar-refractivity contribution in [2.75, 3.05) is 26.2 Å². The van der Waals surface area contributed by atoms with Gasteiger partial charge in [0.1, 0.15) is 17.1 Å². The van der Waals surface area contributed by atoms with Gasteiger partial charge in [0.2, 0.25) is 0 Å². The summed E-state index contributed by atoms with van der Waals surface area (Å²) in [6, 6.07) is 5.11. The number of fused-ring (bicyclic) bond motifs is 3. The average molecular weight is 615 g/mol. The van der Waals surface area contributed by atoms with E-state index in [9.17, 15) is 4.79 Å². The number of nitrogens with zero attached hydrogens (tertiary/aromatic N) is 2. The number of piperidine rings is 2. The quantitative estimate of drug-likeness (QED) is 0.119. The topological polar surface area (TPSA) is 42.0 Å². The first-order chi connectivity index (χ1) is 20.4. The van der Waals surface area contributed by atoms with Gasteiger partial charge in [-0.2, -0.15) is 0 Å². The zero-order valence-electron chi connectivity index (χ0n) is 27.8. The minimum absolute atomic E-state index is 0. The lowest BCUT2D eigenvalue weighted by atomic mass is 9.71. The molecule has 6 heteroatoms. The van der Waals surface area contributed by atoms with Gasteiger partial charge in [-0.25, -0.2) is 0 Å². The first kappa shape index (κ1) is 34.2. The molecule has 2 atom stereocenters. The van der Waals surface area contributed by atoms with Crippen LogP contribution in [0, 0.1) is 11.8 Å². The van der Waals surface area contributed by atoms with E-state index in [1.54, 1.807) is 0 Å². The fourth-order valence-electron chi connectivity index (χ4n) is 8.20. The number of halogens is 1. The Kier molecular flexibility index (Phi) is 12.3. The van der Waals surface area contributed by atoms with Crippen LogP contribution in [-0.2, 0) is 11.2 Å². The van der Waals surface area contributed by atoms with E-state index < -0.39 is 0 Å². The molecule has 2 bridgehead atoms.